The molecular weight excluding hydrogens is 440 g/mol. The third-order valence-electron chi connectivity index (χ3n) is 7.10. The smallest absolute Gasteiger partial charge is 0.326 e. The van der Waals surface area contributed by atoms with Gasteiger partial charge in [0.1, 0.15) is 12.1 Å². The van der Waals surface area contributed by atoms with Gasteiger partial charge in [-0.25, -0.2) is 4.79 Å². The van der Waals surface area contributed by atoms with Gasteiger partial charge in [-0.3, -0.25) is 34.9 Å². The number of imide groups is 1. The summed E-state index contributed by atoms with van der Waals surface area (Å²) in [6, 6.07) is 7.62. The molecule has 5 amide bonds. The van der Waals surface area contributed by atoms with E-state index in [1.807, 2.05) is 0 Å². The largest absolute Gasteiger partial charge is 0.454 e. The van der Waals surface area contributed by atoms with Gasteiger partial charge in [-0.05, 0) is 49.1 Å². The number of nitrogens with one attached hydrogen (secondary N) is 3. The third-order valence-corrected chi connectivity index (χ3v) is 7.10. The Balaban J connectivity index is 1.45. The van der Waals surface area contributed by atoms with E-state index in [1.54, 1.807) is 30.3 Å². The van der Waals surface area contributed by atoms with Crippen LogP contribution in [0.2, 0.25) is 0 Å². The zero-order valence-corrected chi connectivity index (χ0v) is 19.8. The first-order valence-electron chi connectivity index (χ1n) is 11.5. The van der Waals surface area contributed by atoms with Crippen LogP contribution in [-0.4, -0.2) is 53.3 Å². The van der Waals surface area contributed by atoms with E-state index in [2.05, 4.69) is 36.9 Å². The molecule has 0 aromatic heterocycles. The fraction of sp³-hybridized carbons (Fsp3) is 0.542. The van der Waals surface area contributed by atoms with Crippen molar-refractivity contribution in [2.24, 2.45) is 11.3 Å². The van der Waals surface area contributed by atoms with Crippen molar-refractivity contribution in [2.75, 3.05) is 13.2 Å². The Morgan fingerprint density at radius 3 is 2.38 bits per heavy atom. The second-order valence-electron chi connectivity index (χ2n) is 9.55. The number of hydrogen-bond acceptors (Lipinski definition) is 6. The molecule has 1 aromatic carbocycles. The molecule has 184 valence electrons. The summed E-state index contributed by atoms with van der Waals surface area (Å²) in [5.74, 6) is -2.15. The number of amides is 5. The number of benzene rings is 1. The number of hydrogen-bond donors (Lipinski definition) is 3. The lowest BCUT2D eigenvalue weighted by Crippen LogP contribution is -2.51. The van der Waals surface area contributed by atoms with Crippen LogP contribution < -0.4 is 16.2 Å². The van der Waals surface area contributed by atoms with Crippen molar-refractivity contribution in [1.29, 1.82) is 0 Å². The van der Waals surface area contributed by atoms with E-state index < -0.39 is 48.4 Å². The van der Waals surface area contributed by atoms with Gasteiger partial charge < -0.3 is 10.1 Å². The van der Waals surface area contributed by atoms with Gasteiger partial charge in [-0.15, -0.1) is 0 Å². The van der Waals surface area contributed by atoms with Gasteiger partial charge in [-0.1, -0.05) is 45.4 Å². The van der Waals surface area contributed by atoms with Crippen molar-refractivity contribution in [3.05, 3.63) is 35.9 Å². The first-order chi connectivity index (χ1) is 16.1. The quantitative estimate of drug-likeness (QED) is 0.315. The number of rotatable bonds is 7. The predicted molar refractivity (Wildman–Crippen MR) is 122 cm³/mol. The van der Waals surface area contributed by atoms with E-state index in [0.29, 0.717) is 24.3 Å². The lowest BCUT2D eigenvalue weighted by molar-refractivity contribution is -0.151. The molecule has 0 radical (unpaired) electrons. The van der Waals surface area contributed by atoms with Crippen LogP contribution in [0.15, 0.2) is 30.3 Å². The minimum absolute atomic E-state index is 0.165. The maximum Gasteiger partial charge on any atom is 0.326 e. The lowest BCUT2D eigenvalue weighted by atomic mass is 9.65. The van der Waals surface area contributed by atoms with Gasteiger partial charge in [0, 0.05) is 5.56 Å². The minimum Gasteiger partial charge on any atom is -0.454 e. The van der Waals surface area contributed by atoms with Gasteiger partial charge in [0.15, 0.2) is 6.61 Å². The van der Waals surface area contributed by atoms with Gasteiger partial charge in [0.2, 0.25) is 0 Å². The Labute approximate surface area is 198 Å². The molecule has 2 aliphatic rings. The molecule has 1 saturated heterocycles. The molecule has 1 aliphatic heterocycles. The predicted octanol–water partition coefficient (Wildman–Crippen LogP) is 1.91. The zero-order valence-electron chi connectivity index (χ0n) is 19.8. The molecule has 0 unspecified atom stereocenters. The maximum atomic E-state index is 13.0. The number of esters is 1. The van der Waals surface area contributed by atoms with Crippen LogP contribution in [-0.2, 0) is 19.1 Å². The van der Waals surface area contributed by atoms with Crippen molar-refractivity contribution in [2.45, 2.75) is 58.4 Å². The third kappa shape index (κ3) is 5.55. The van der Waals surface area contributed by atoms with Crippen molar-refractivity contribution in [3.8, 4) is 0 Å². The van der Waals surface area contributed by atoms with Crippen LogP contribution in [0.5, 0.6) is 0 Å². The minimum atomic E-state index is -0.975. The summed E-state index contributed by atoms with van der Waals surface area (Å²) in [6.45, 7) is 5.33. The standard InChI is InChI=1S/C24H32N4O6/c1-4-23(2,3)17-10-12-24(13-11-17)21(32)28(22(33)25-24)14-19(30)34-15-18(29)26-27-20(31)16-8-6-5-7-9-16/h5-9,17H,4,10-15H2,1-3H3,(H,25,33)(H,26,29)(H,27,31). The Kier molecular flexibility index (Phi) is 7.58. The van der Waals surface area contributed by atoms with Crippen LogP contribution in [0.25, 0.3) is 0 Å². The average Bonchev–Trinajstić information content (AvgIpc) is 3.05. The normalized spacial score (nSPS) is 22.3. The summed E-state index contributed by atoms with van der Waals surface area (Å²) < 4.78 is 4.88. The summed E-state index contributed by atoms with van der Waals surface area (Å²) in [5, 5.41) is 2.78. The van der Waals surface area contributed by atoms with Crippen LogP contribution >= 0.6 is 0 Å². The fourth-order valence-electron chi connectivity index (χ4n) is 4.48. The number of nitrogens with zero attached hydrogens (tertiary/aromatic N) is 1. The van der Waals surface area contributed by atoms with E-state index in [-0.39, 0.29) is 5.41 Å². The monoisotopic (exact) mass is 472 g/mol. The van der Waals surface area contributed by atoms with E-state index in [0.717, 1.165) is 24.2 Å². The highest BCUT2D eigenvalue weighted by molar-refractivity contribution is 6.08. The topological polar surface area (TPSA) is 134 Å². The fourth-order valence-corrected chi connectivity index (χ4v) is 4.48. The van der Waals surface area contributed by atoms with Gasteiger partial charge in [-0.2, -0.15) is 0 Å². The van der Waals surface area contributed by atoms with Gasteiger partial charge in [0.05, 0.1) is 0 Å². The second kappa shape index (κ2) is 10.2. The molecule has 1 spiro atoms. The lowest BCUT2D eigenvalue weighted by Gasteiger charge is -2.42. The molecule has 0 bridgehead atoms. The SMILES string of the molecule is CCC(C)(C)C1CCC2(CC1)NC(=O)N(CC(=O)OCC(=O)NNC(=O)c1ccccc1)C2=O. The molecule has 34 heavy (non-hydrogen) atoms. The molecule has 1 saturated carbocycles. The molecule has 3 rings (SSSR count). The van der Waals surface area contributed by atoms with Crippen LogP contribution in [0.3, 0.4) is 0 Å². The van der Waals surface area contributed by atoms with Crippen LogP contribution in [0, 0.1) is 11.3 Å². The van der Waals surface area contributed by atoms with Crippen molar-refractivity contribution in [1.82, 2.24) is 21.1 Å². The molecule has 10 nitrogen and oxygen atoms in total. The molecule has 1 heterocycles. The summed E-state index contributed by atoms with van der Waals surface area (Å²) in [5.41, 5.74) is 3.88. The summed E-state index contributed by atoms with van der Waals surface area (Å²) in [4.78, 5) is 62.3. The summed E-state index contributed by atoms with van der Waals surface area (Å²) in [6.07, 6.45) is 3.73. The number of urea groups is 1. The van der Waals surface area contributed by atoms with Crippen molar-refractivity contribution >= 4 is 29.7 Å². The van der Waals surface area contributed by atoms with Crippen LogP contribution in [0.4, 0.5) is 4.79 Å². The maximum absolute atomic E-state index is 13.0. The summed E-state index contributed by atoms with van der Waals surface area (Å²) in [7, 11) is 0. The molecule has 1 aliphatic carbocycles. The molecule has 3 N–H and O–H groups in total. The first kappa shape index (κ1) is 25.2. The van der Waals surface area contributed by atoms with E-state index >= 15 is 0 Å². The molecule has 10 heteroatoms. The van der Waals surface area contributed by atoms with Crippen molar-refractivity contribution < 1.29 is 28.7 Å². The Hall–Kier alpha value is -3.43. The van der Waals surface area contributed by atoms with E-state index in [4.69, 9.17) is 4.74 Å². The average molecular weight is 473 g/mol. The highest BCUT2D eigenvalue weighted by Crippen LogP contribution is 2.45. The number of carbonyl (C=O) groups is 5. The zero-order chi connectivity index (χ0) is 24.9. The highest BCUT2D eigenvalue weighted by Gasteiger charge is 2.53. The second-order valence-corrected chi connectivity index (χ2v) is 9.55. The van der Waals surface area contributed by atoms with Gasteiger partial charge >= 0.3 is 12.0 Å². The molecule has 2 fully saturated rings. The van der Waals surface area contributed by atoms with Crippen LogP contribution in [0.1, 0.15) is 63.2 Å². The van der Waals surface area contributed by atoms with Crippen molar-refractivity contribution in [3.63, 3.8) is 0 Å². The summed E-state index contributed by atoms with van der Waals surface area (Å²) >= 11 is 0. The Morgan fingerprint density at radius 2 is 1.76 bits per heavy atom. The number of carbonyl (C=O) groups excluding carboxylic acids is 5. The number of ether oxygens (including phenoxy) is 1. The number of hydrazine groups is 1. The molecule has 1 aromatic rings. The first-order valence-corrected chi connectivity index (χ1v) is 11.5. The molecular formula is C24H32N4O6. The van der Waals surface area contributed by atoms with Gasteiger partial charge in [0.25, 0.3) is 17.7 Å². The highest BCUT2D eigenvalue weighted by atomic mass is 16.5. The Morgan fingerprint density at radius 1 is 1.12 bits per heavy atom. The molecule has 0 atom stereocenters. The van der Waals surface area contributed by atoms with E-state index in [1.165, 1.54) is 0 Å². The Bertz CT molecular complexity index is 953. The van der Waals surface area contributed by atoms with E-state index in [9.17, 15) is 24.0 Å².